The van der Waals surface area contributed by atoms with E-state index in [0.29, 0.717) is 10.7 Å². The van der Waals surface area contributed by atoms with Crippen molar-refractivity contribution in [2.75, 3.05) is 30.9 Å². The van der Waals surface area contributed by atoms with E-state index in [-0.39, 0.29) is 5.91 Å². The van der Waals surface area contributed by atoms with Crippen molar-refractivity contribution in [3.63, 3.8) is 0 Å². The van der Waals surface area contributed by atoms with E-state index in [9.17, 15) is 4.79 Å². The topological polar surface area (TPSA) is 53.2 Å². The number of nitrogens with one attached hydrogen (secondary N) is 3. The lowest BCUT2D eigenvalue weighted by molar-refractivity contribution is 0.0963. The zero-order valence-corrected chi connectivity index (χ0v) is 12.8. The van der Waals surface area contributed by atoms with Gasteiger partial charge in [-0.1, -0.05) is 0 Å². The molecule has 0 atom stereocenters. The van der Waals surface area contributed by atoms with Gasteiger partial charge in [0.1, 0.15) is 0 Å². The van der Waals surface area contributed by atoms with E-state index in [1.54, 1.807) is 19.2 Å². The third kappa shape index (κ3) is 5.94. The van der Waals surface area contributed by atoms with Gasteiger partial charge in [-0.05, 0) is 54.9 Å². The van der Waals surface area contributed by atoms with Gasteiger partial charge in [0, 0.05) is 24.8 Å². The zero-order valence-electron chi connectivity index (χ0n) is 11.2. The van der Waals surface area contributed by atoms with Crippen molar-refractivity contribution in [2.45, 2.75) is 6.42 Å². The lowest BCUT2D eigenvalue weighted by Crippen LogP contribution is -2.29. The van der Waals surface area contributed by atoms with Gasteiger partial charge in [0.25, 0.3) is 5.91 Å². The van der Waals surface area contributed by atoms with Crippen molar-refractivity contribution in [2.24, 2.45) is 0 Å². The van der Waals surface area contributed by atoms with Crippen LogP contribution in [0, 0.1) is 0 Å². The van der Waals surface area contributed by atoms with Crippen LogP contribution >= 0.6 is 24.0 Å². The highest BCUT2D eigenvalue weighted by molar-refractivity contribution is 7.98. The summed E-state index contributed by atoms with van der Waals surface area (Å²) >= 11 is 7.01. The van der Waals surface area contributed by atoms with E-state index in [1.807, 2.05) is 23.9 Å². The summed E-state index contributed by atoms with van der Waals surface area (Å²) in [6.45, 7) is 0.864. The molecule has 0 radical (unpaired) electrons. The average Bonchev–Trinajstić information content (AvgIpc) is 2.43. The number of anilines is 1. The number of thioether (sulfide) groups is 1. The Morgan fingerprint density at radius 1 is 1.32 bits per heavy atom. The molecule has 0 aliphatic carbocycles. The van der Waals surface area contributed by atoms with Gasteiger partial charge in [0.05, 0.1) is 0 Å². The lowest BCUT2D eigenvalue weighted by Gasteiger charge is -2.10. The number of hydrogen-bond donors (Lipinski definition) is 3. The van der Waals surface area contributed by atoms with E-state index in [4.69, 9.17) is 12.2 Å². The number of hydrogen-bond acceptors (Lipinski definition) is 3. The molecule has 19 heavy (non-hydrogen) atoms. The predicted molar refractivity (Wildman–Crippen MR) is 87.1 cm³/mol. The van der Waals surface area contributed by atoms with E-state index < -0.39 is 0 Å². The average molecular weight is 297 g/mol. The molecule has 104 valence electrons. The molecule has 0 saturated carbocycles. The minimum Gasteiger partial charge on any atom is -0.362 e. The van der Waals surface area contributed by atoms with Gasteiger partial charge in [0.15, 0.2) is 5.11 Å². The SMILES string of the molecule is CNC(=O)c1ccc(NC(=S)NCCCSC)cc1. The summed E-state index contributed by atoms with van der Waals surface area (Å²) in [4.78, 5) is 11.4. The maximum Gasteiger partial charge on any atom is 0.251 e. The number of thiocarbonyl (C=S) groups is 1. The fourth-order valence-electron chi connectivity index (χ4n) is 1.44. The van der Waals surface area contributed by atoms with Crippen LogP contribution in [0.3, 0.4) is 0 Å². The monoisotopic (exact) mass is 297 g/mol. The summed E-state index contributed by atoms with van der Waals surface area (Å²) in [6.07, 6.45) is 3.17. The van der Waals surface area contributed by atoms with Crippen LogP contribution in [0.4, 0.5) is 5.69 Å². The van der Waals surface area contributed by atoms with Crippen molar-refractivity contribution >= 4 is 40.7 Å². The maximum atomic E-state index is 11.4. The van der Waals surface area contributed by atoms with Crippen molar-refractivity contribution in [1.82, 2.24) is 10.6 Å². The van der Waals surface area contributed by atoms with Gasteiger partial charge in [-0.2, -0.15) is 11.8 Å². The van der Waals surface area contributed by atoms with Gasteiger partial charge >= 0.3 is 0 Å². The van der Waals surface area contributed by atoms with Gasteiger partial charge in [-0.15, -0.1) is 0 Å². The highest BCUT2D eigenvalue weighted by Crippen LogP contribution is 2.09. The molecule has 0 spiro atoms. The van der Waals surface area contributed by atoms with Gasteiger partial charge in [-0.25, -0.2) is 0 Å². The molecule has 1 rings (SSSR count). The van der Waals surface area contributed by atoms with Crippen LogP contribution in [0.15, 0.2) is 24.3 Å². The number of benzene rings is 1. The summed E-state index contributed by atoms with van der Waals surface area (Å²) in [5, 5.41) is 9.41. The van der Waals surface area contributed by atoms with Crippen LogP contribution in [0.2, 0.25) is 0 Å². The molecule has 0 heterocycles. The molecular formula is C13H19N3OS2. The Labute approximate surface area is 123 Å². The maximum absolute atomic E-state index is 11.4. The fraction of sp³-hybridized carbons (Fsp3) is 0.385. The van der Waals surface area contributed by atoms with E-state index >= 15 is 0 Å². The highest BCUT2D eigenvalue weighted by atomic mass is 32.2. The van der Waals surface area contributed by atoms with Gasteiger partial charge in [0.2, 0.25) is 0 Å². The second-order valence-corrected chi connectivity index (χ2v) is 5.28. The molecule has 0 saturated heterocycles. The van der Waals surface area contributed by atoms with Crippen LogP contribution in [0.25, 0.3) is 0 Å². The van der Waals surface area contributed by atoms with Crippen molar-refractivity contribution in [3.8, 4) is 0 Å². The Kier molecular flexibility index (Phi) is 7.28. The molecule has 0 aromatic heterocycles. The molecular weight excluding hydrogens is 278 g/mol. The predicted octanol–water partition coefficient (Wildman–Crippen LogP) is 2.09. The Morgan fingerprint density at radius 3 is 2.58 bits per heavy atom. The van der Waals surface area contributed by atoms with Crippen LogP contribution in [0.1, 0.15) is 16.8 Å². The second-order valence-electron chi connectivity index (χ2n) is 3.88. The zero-order chi connectivity index (χ0) is 14.1. The van der Waals surface area contributed by atoms with E-state index in [2.05, 4.69) is 22.2 Å². The van der Waals surface area contributed by atoms with Crippen LogP contribution < -0.4 is 16.0 Å². The lowest BCUT2D eigenvalue weighted by atomic mass is 10.2. The number of carbonyl (C=O) groups excluding carboxylic acids is 1. The molecule has 6 heteroatoms. The van der Waals surface area contributed by atoms with Crippen LogP contribution in [-0.4, -0.2) is 36.6 Å². The Hall–Kier alpha value is -1.27. The largest absolute Gasteiger partial charge is 0.362 e. The summed E-state index contributed by atoms with van der Waals surface area (Å²) in [5.41, 5.74) is 1.50. The first-order valence-electron chi connectivity index (χ1n) is 6.03. The molecule has 0 aliphatic rings. The summed E-state index contributed by atoms with van der Waals surface area (Å²) in [5.74, 6) is 1.03. The molecule has 1 amide bonds. The first kappa shape index (κ1) is 15.8. The molecule has 0 bridgehead atoms. The quantitative estimate of drug-likeness (QED) is 0.554. The molecule has 0 unspecified atom stereocenters. The molecule has 1 aromatic carbocycles. The van der Waals surface area contributed by atoms with Crippen LogP contribution in [-0.2, 0) is 0 Å². The van der Waals surface area contributed by atoms with Crippen molar-refractivity contribution in [3.05, 3.63) is 29.8 Å². The smallest absolute Gasteiger partial charge is 0.251 e. The third-order valence-corrected chi connectivity index (χ3v) is 3.39. The molecule has 3 N–H and O–H groups in total. The minimum atomic E-state index is -0.0932. The number of rotatable bonds is 6. The fourth-order valence-corrected chi connectivity index (χ4v) is 2.10. The number of carbonyl (C=O) groups is 1. The standard InChI is InChI=1S/C13H19N3OS2/c1-14-12(17)10-4-6-11(7-5-10)16-13(18)15-8-3-9-19-2/h4-7H,3,8-9H2,1-2H3,(H,14,17)(H2,15,16,18). The third-order valence-electron chi connectivity index (χ3n) is 2.44. The minimum absolute atomic E-state index is 0.0932. The van der Waals surface area contributed by atoms with E-state index in [0.717, 1.165) is 24.4 Å². The van der Waals surface area contributed by atoms with Crippen molar-refractivity contribution in [1.29, 1.82) is 0 Å². The molecule has 4 nitrogen and oxygen atoms in total. The number of amides is 1. The van der Waals surface area contributed by atoms with Crippen molar-refractivity contribution < 1.29 is 4.79 Å². The highest BCUT2D eigenvalue weighted by Gasteiger charge is 2.02. The summed E-state index contributed by atoms with van der Waals surface area (Å²) in [6, 6.07) is 7.19. The molecule has 1 aromatic rings. The first-order chi connectivity index (χ1) is 9.17. The Morgan fingerprint density at radius 2 is 2.00 bits per heavy atom. The van der Waals surface area contributed by atoms with Crippen LogP contribution in [0.5, 0.6) is 0 Å². The van der Waals surface area contributed by atoms with Gasteiger partial charge < -0.3 is 16.0 Å². The second kappa shape index (κ2) is 8.77. The Balaban J connectivity index is 2.40. The van der Waals surface area contributed by atoms with Gasteiger partial charge in [-0.3, -0.25) is 4.79 Å². The normalized spacial score (nSPS) is 9.79. The summed E-state index contributed by atoms with van der Waals surface area (Å²) in [7, 11) is 1.61. The summed E-state index contributed by atoms with van der Waals surface area (Å²) < 4.78 is 0. The first-order valence-corrected chi connectivity index (χ1v) is 7.83. The molecule has 0 aliphatic heterocycles. The Bertz CT molecular complexity index is 420. The van der Waals surface area contributed by atoms with E-state index in [1.165, 1.54) is 0 Å². The molecule has 0 fully saturated rings.